The predicted octanol–water partition coefficient (Wildman–Crippen LogP) is 0.917. The maximum Gasteiger partial charge on any atom is 0.212 e. The van der Waals surface area contributed by atoms with Gasteiger partial charge in [0.25, 0.3) is 0 Å². The highest BCUT2D eigenvalue weighted by atomic mass is 32.2. The van der Waals surface area contributed by atoms with Crippen LogP contribution in [0.1, 0.15) is 26.0 Å². The Labute approximate surface area is 115 Å². The van der Waals surface area contributed by atoms with E-state index in [4.69, 9.17) is 5.73 Å². The number of aryl methyl sites for hydroxylation is 1. The van der Waals surface area contributed by atoms with Gasteiger partial charge in [0.05, 0.1) is 5.75 Å². The molecule has 0 spiro atoms. The van der Waals surface area contributed by atoms with Gasteiger partial charge in [-0.15, -0.1) is 0 Å². The molecule has 19 heavy (non-hydrogen) atoms. The van der Waals surface area contributed by atoms with E-state index in [2.05, 4.69) is 9.71 Å². The molecule has 1 aromatic heterocycles. The van der Waals surface area contributed by atoms with Gasteiger partial charge in [-0.3, -0.25) is 4.98 Å². The predicted molar refractivity (Wildman–Crippen MR) is 77.2 cm³/mol. The van der Waals surface area contributed by atoms with Crippen LogP contribution in [-0.4, -0.2) is 31.7 Å². The summed E-state index contributed by atoms with van der Waals surface area (Å²) in [6.07, 6.45) is 2.82. The fourth-order valence-corrected chi connectivity index (χ4v) is 3.16. The van der Waals surface area contributed by atoms with E-state index >= 15 is 0 Å². The summed E-state index contributed by atoms with van der Waals surface area (Å²) in [7, 11) is -3.31. The quantitative estimate of drug-likeness (QED) is 0.743. The molecule has 0 bridgehead atoms. The molecule has 0 fully saturated rings. The van der Waals surface area contributed by atoms with Crippen molar-refractivity contribution in [3.63, 3.8) is 0 Å². The van der Waals surface area contributed by atoms with E-state index in [0.717, 1.165) is 12.1 Å². The number of hydrogen-bond acceptors (Lipinski definition) is 4. The van der Waals surface area contributed by atoms with Crippen LogP contribution in [0.2, 0.25) is 0 Å². The highest BCUT2D eigenvalue weighted by Gasteiger charge is 2.17. The van der Waals surface area contributed by atoms with Gasteiger partial charge in [-0.25, -0.2) is 13.1 Å². The standard InChI is InChI=1S/C13H23N3O2S/c1-11(2)9-13(10-14)16-19(17,18)8-6-12-5-3-4-7-15-12/h3-5,7,11,13,16H,6,8-10,14H2,1-2H3. The molecule has 0 aliphatic heterocycles. The lowest BCUT2D eigenvalue weighted by Gasteiger charge is -2.18. The molecule has 3 N–H and O–H groups in total. The fourth-order valence-electron chi connectivity index (χ4n) is 1.86. The third kappa shape index (κ3) is 6.66. The number of hydrogen-bond donors (Lipinski definition) is 2. The minimum absolute atomic E-state index is 0.0403. The first-order chi connectivity index (χ1) is 8.93. The average molecular weight is 285 g/mol. The molecule has 1 rings (SSSR count). The summed E-state index contributed by atoms with van der Waals surface area (Å²) in [6.45, 7) is 4.41. The summed E-state index contributed by atoms with van der Waals surface area (Å²) < 4.78 is 26.6. The van der Waals surface area contributed by atoms with Gasteiger partial charge in [-0.2, -0.15) is 0 Å². The number of sulfonamides is 1. The Kier molecular flexibility index (Phi) is 6.41. The van der Waals surface area contributed by atoms with Crippen molar-refractivity contribution < 1.29 is 8.42 Å². The Bertz CT molecular complexity index is 460. The van der Waals surface area contributed by atoms with Crippen LogP contribution in [-0.2, 0) is 16.4 Å². The van der Waals surface area contributed by atoms with Crippen molar-refractivity contribution in [3.8, 4) is 0 Å². The van der Waals surface area contributed by atoms with Gasteiger partial charge in [0, 0.05) is 30.9 Å². The molecule has 6 heteroatoms. The van der Waals surface area contributed by atoms with Crippen molar-refractivity contribution in [1.82, 2.24) is 9.71 Å². The second-order valence-corrected chi connectivity index (χ2v) is 6.94. The van der Waals surface area contributed by atoms with Gasteiger partial charge in [-0.1, -0.05) is 19.9 Å². The molecule has 0 saturated carbocycles. The summed E-state index contributed by atoms with van der Waals surface area (Å²) in [5.41, 5.74) is 6.37. The Morgan fingerprint density at radius 3 is 2.63 bits per heavy atom. The van der Waals surface area contributed by atoms with Gasteiger partial charge in [0.2, 0.25) is 10.0 Å². The Morgan fingerprint density at radius 2 is 2.11 bits per heavy atom. The van der Waals surface area contributed by atoms with Crippen LogP contribution < -0.4 is 10.5 Å². The zero-order valence-electron chi connectivity index (χ0n) is 11.5. The Morgan fingerprint density at radius 1 is 1.37 bits per heavy atom. The van der Waals surface area contributed by atoms with Crippen molar-refractivity contribution in [1.29, 1.82) is 0 Å². The monoisotopic (exact) mass is 285 g/mol. The molecule has 1 atom stereocenters. The Balaban J connectivity index is 2.51. The number of nitrogens with two attached hydrogens (primary N) is 1. The molecule has 1 unspecified atom stereocenters. The van der Waals surface area contributed by atoms with Crippen LogP contribution in [0.4, 0.5) is 0 Å². The first-order valence-corrected chi connectivity index (χ1v) is 8.18. The van der Waals surface area contributed by atoms with Crippen molar-refractivity contribution in [2.24, 2.45) is 11.7 Å². The topological polar surface area (TPSA) is 85.1 Å². The fraction of sp³-hybridized carbons (Fsp3) is 0.615. The summed E-state index contributed by atoms with van der Waals surface area (Å²) >= 11 is 0. The SMILES string of the molecule is CC(C)CC(CN)NS(=O)(=O)CCc1ccccn1. The molecule has 1 aromatic rings. The van der Waals surface area contributed by atoms with Gasteiger partial charge >= 0.3 is 0 Å². The zero-order valence-corrected chi connectivity index (χ0v) is 12.4. The van der Waals surface area contributed by atoms with E-state index in [1.54, 1.807) is 6.20 Å². The second-order valence-electron chi connectivity index (χ2n) is 5.07. The number of nitrogens with zero attached hydrogens (tertiary/aromatic N) is 1. The minimum atomic E-state index is -3.31. The average Bonchev–Trinajstić information content (AvgIpc) is 2.36. The number of nitrogens with one attached hydrogen (secondary N) is 1. The number of aromatic nitrogens is 1. The summed E-state index contributed by atoms with van der Waals surface area (Å²) in [6, 6.07) is 5.30. The number of pyridine rings is 1. The molecule has 0 saturated heterocycles. The molecule has 108 valence electrons. The van der Waals surface area contributed by atoms with Gasteiger partial charge < -0.3 is 5.73 Å². The smallest absolute Gasteiger partial charge is 0.212 e. The third-order valence-electron chi connectivity index (χ3n) is 2.74. The lowest BCUT2D eigenvalue weighted by molar-refractivity contribution is 0.465. The van der Waals surface area contributed by atoms with E-state index in [-0.39, 0.29) is 11.8 Å². The van der Waals surface area contributed by atoms with Gasteiger partial charge in [-0.05, 0) is 24.5 Å². The third-order valence-corrected chi connectivity index (χ3v) is 4.17. The van der Waals surface area contributed by atoms with Crippen LogP contribution in [0.3, 0.4) is 0 Å². The summed E-state index contributed by atoms with van der Waals surface area (Å²) in [5, 5.41) is 0. The van der Waals surface area contributed by atoms with Gasteiger partial charge in [0.15, 0.2) is 0 Å². The van der Waals surface area contributed by atoms with Crippen molar-refractivity contribution in [2.45, 2.75) is 32.7 Å². The largest absolute Gasteiger partial charge is 0.329 e. The van der Waals surface area contributed by atoms with Crippen LogP contribution in [0.25, 0.3) is 0 Å². The molecular formula is C13H23N3O2S. The zero-order chi connectivity index (χ0) is 14.3. The van der Waals surface area contributed by atoms with Gasteiger partial charge in [0.1, 0.15) is 0 Å². The van der Waals surface area contributed by atoms with Crippen molar-refractivity contribution in [2.75, 3.05) is 12.3 Å². The summed E-state index contributed by atoms with van der Waals surface area (Å²) in [5.74, 6) is 0.450. The number of rotatable bonds is 8. The molecule has 5 nitrogen and oxygen atoms in total. The van der Waals surface area contributed by atoms with Crippen LogP contribution in [0.15, 0.2) is 24.4 Å². The molecule has 0 amide bonds. The maximum absolute atomic E-state index is 12.0. The molecule has 1 heterocycles. The highest BCUT2D eigenvalue weighted by molar-refractivity contribution is 7.89. The minimum Gasteiger partial charge on any atom is -0.329 e. The molecule has 0 aliphatic carbocycles. The van der Waals surface area contributed by atoms with Crippen LogP contribution in [0.5, 0.6) is 0 Å². The van der Waals surface area contributed by atoms with E-state index in [1.165, 1.54) is 0 Å². The first kappa shape index (κ1) is 16.1. The summed E-state index contributed by atoms with van der Waals surface area (Å²) in [4.78, 5) is 4.11. The van der Waals surface area contributed by atoms with Crippen LogP contribution in [0, 0.1) is 5.92 Å². The molecule has 0 radical (unpaired) electrons. The van der Waals surface area contributed by atoms with E-state index in [0.29, 0.717) is 18.9 Å². The van der Waals surface area contributed by atoms with Crippen molar-refractivity contribution >= 4 is 10.0 Å². The Hall–Kier alpha value is -0.980. The lowest BCUT2D eigenvalue weighted by atomic mass is 10.1. The maximum atomic E-state index is 12.0. The molecular weight excluding hydrogens is 262 g/mol. The first-order valence-electron chi connectivity index (χ1n) is 6.53. The normalized spacial score (nSPS) is 13.7. The lowest BCUT2D eigenvalue weighted by Crippen LogP contribution is -2.42. The van der Waals surface area contributed by atoms with E-state index in [9.17, 15) is 8.42 Å². The second kappa shape index (κ2) is 7.57. The molecule has 0 aromatic carbocycles. The van der Waals surface area contributed by atoms with Crippen LogP contribution >= 0.6 is 0 Å². The van der Waals surface area contributed by atoms with E-state index < -0.39 is 10.0 Å². The highest BCUT2D eigenvalue weighted by Crippen LogP contribution is 2.06. The van der Waals surface area contributed by atoms with Crippen molar-refractivity contribution in [3.05, 3.63) is 30.1 Å². The molecule has 0 aliphatic rings. The van der Waals surface area contributed by atoms with E-state index in [1.807, 2.05) is 32.0 Å².